The van der Waals surface area contributed by atoms with Gasteiger partial charge in [-0.05, 0) is 49.1 Å². The number of aliphatic imine (C=N–C) groups is 1. The van der Waals surface area contributed by atoms with Crippen LogP contribution in [-0.2, 0) is 0 Å². The molecule has 154 valence electrons. The van der Waals surface area contributed by atoms with Gasteiger partial charge in [-0.2, -0.15) is 0 Å². The Hall–Kier alpha value is -2.80. The molecule has 0 saturated heterocycles. The summed E-state index contributed by atoms with van der Waals surface area (Å²) in [6.07, 6.45) is 3.73. The Kier molecular flexibility index (Phi) is 5.98. The summed E-state index contributed by atoms with van der Waals surface area (Å²) in [5.74, 6) is -1.23. The molecule has 1 fully saturated rings. The minimum atomic E-state index is -0.845. The lowest BCUT2D eigenvalue weighted by Crippen LogP contribution is -2.22. The van der Waals surface area contributed by atoms with Crippen molar-refractivity contribution in [3.8, 4) is 0 Å². The number of aliphatic hydroxyl groups is 1. The van der Waals surface area contributed by atoms with Crippen molar-refractivity contribution in [1.29, 1.82) is 5.41 Å². The molecule has 0 unspecified atom stereocenters. The maximum atomic E-state index is 14.6. The fraction of sp³-hybridized carbons (Fsp3) is 0.364. The van der Waals surface area contributed by atoms with Gasteiger partial charge in [0.1, 0.15) is 11.7 Å². The van der Waals surface area contributed by atoms with Crippen molar-refractivity contribution in [2.45, 2.75) is 32.4 Å². The summed E-state index contributed by atoms with van der Waals surface area (Å²) in [6, 6.07) is 5.62. The molecular formula is C22H26F2N4O. The Morgan fingerprint density at radius 1 is 1.38 bits per heavy atom. The van der Waals surface area contributed by atoms with Gasteiger partial charge in [-0.25, -0.2) is 13.8 Å². The number of aliphatic hydroxyl groups excluding tert-OH is 1. The number of aromatic nitrogens is 1. The zero-order valence-electron chi connectivity index (χ0n) is 16.5. The largest absolute Gasteiger partial charge is 0.388 e. The van der Waals surface area contributed by atoms with Crippen LogP contribution >= 0.6 is 0 Å². The molecule has 1 saturated carbocycles. The normalized spacial score (nSPS) is 25.8. The highest BCUT2D eigenvalue weighted by Gasteiger charge is 2.44. The molecule has 1 heterocycles. The van der Waals surface area contributed by atoms with Gasteiger partial charge >= 0.3 is 0 Å². The molecular weight excluding hydrogens is 374 g/mol. The Morgan fingerprint density at radius 3 is 2.62 bits per heavy atom. The molecule has 1 aliphatic carbocycles. The molecule has 0 spiro atoms. The summed E-state index contributed by atoms with van der Waals surface area (Å²) in [4.78, 5) is 3.89. The van der Waals surface area contributed by atoms with Crippen molar-refractivity contribution in [3.63, 3.8) is 0 Å². The number of nitrogens with two attached hydrogens (primary N) is 1. The molecule has 0 bridgehead atoms. The molecule has 1 aromatic carbocycles. The number of nitrogens with one attached hydrogen (secondary N) is 1. The summed E-state index contributed by atoms with van der Waals surface area (Å²) in [5, 5.41) is 18.8. The SMILES string of the molecule is C=CN=C(N)c1c(F)cn([C@@H]2C[C@H]([C@H](O)c3ccc(F)cc3)[C@@H](C=N)[C@H]2C)c1C. The zero-order chi connectivity index (χ0) is 21.3. The number of nitrogens with zero attached hydrogens (tertiary/aromatic N) is 2. The van der Waals surface area contributed by atoms with Crippen molar-refractivity contribution >= 4 is 12.1 Å². The van der Waals surface area contributed by atoms with E-state index in [0.29, 0.717) is 17.7 Å². The highest BCUT2D eigenvalue weighted by Crippen LogP contribution is 2.49. The molecule has 0 aliphatic heterocycles. The van der Waals surface area contributed by atoms with E-state index in [1.54, 1.807) is 19.1 Å². The van der Waals surface area contributed by atoms with Gasteiger partial charge in [0.15, 0.2) is 5.82 Å². The van der Waals surface area contributed by atoms with E-state index in [2.05, 4.69) is 11.6 Å². The van der Waals surface area contributed by atoms with E-state index in [1.807, 2.05) is 11.5 Å². The molecule has 1 aromatic heterocycles. The first kappa shape index (κ1) is 20.9. The number of hydrogen-bond acceptors (Lipinski definition) is 3. The van der Waals surface area contributed by atoms with E-state index >= 15 is 0 Å². The molecule has 1 aliphatic rings. The quantitative estimate of drug-likeness (QED) is 0.503. The summed E-state index contributed by atoms with van der Waals surface area (Å²) < 4.78 is 29.7. The highest BCUT2D eigenvalue weighted by atomic mass is 19.1. The molecule has 5 nitrogen and oxygen atoms in total. The van der Waals surface area contributed by atoms with Crippen molar-refractivity contribution in [1.82, 2.24) is 4.57 Å². The zero-order valence-corrected chi connectivity index (χ0v) is 16.5. The van der Waals surface area contributed by atoms with Crippen LogP contribution in [0.5, 0.6) is 0 Å². The van der Waals surface area contributed by atoms with Crippen molar-refractivity contribution in [2.24, 2.45) is 28.5 Å². The maximum Gasteiger partial charge on any atom is 0.152 e. The van der Waals surface area contributed by atoms with Crippen LogP contribution in [0.25, 0.3) is 0 Å². The minimum Gasteiger partial charge on any atom is -0.388 e. The third kappa shape index (κ3) is 3.74. The van der Waals surface area contributed by atoms with Crippen LogP contribution in [0.2, 0.25) is 0 Å². The second-order valence-electron chi connectivity index (χ2n) is 7.61. The van der Waals surface area contributed by atoms with E-state index in [4.69, 9.17) is 11.1 Å². The Labute approximate surface area is 169 Å². The maximum absolute atomic E-state index is 14.6. The fourth-order valence-corrected chi connectivity index (χ4v) is 4.59. The van der Waals surface area contributed by atoms with E-state index in [9.17, 15) is 13.9 Å². The van der Waals surface area contributed by atoms with Gasteiger partial charge in [0.25, 0.3) is 0 Å². The monoisotopic (exact) mass is 400 g/mol. The standard InChI is InChI=1S/C22H26F2N4O/c1-4-27-22(26)20-13(3)28(11-18(20)24)19-9-16(17(10-25)12(19)2)21(29)14-5-7-15(23)8-6-14/h4-8,10-12,16-17,19,21,25,29H,1,9H2,2-3H3,(H2,26,27)/t12-,16+,17+,19-,21-/m1/s1. The van der Waals surface area contributed by atoms with Gasteiger partial charge in [0.2, 0.25) is 0 Å². The minimum absolute atomic E-state index is 0.0106. The molecule has 5 atom stereocenters. The number of halogens is 2. The predicted molar refractivity (Wildman–Crippen MR) is 110 cm³/mol. The van der Waals surface area contributed by atoms with Crippen LogP contribution in [0, 0.1) is 41.7 Å². The van der Waals surface area contributed by atoms with Crippen LogP contribution in [0.15, 0.2) is 48.2 Å². The van der Waals surface area contributed by atoms with Gasteiger partial charge in [0, 0.05) is 30.1 Å². The molecule has 4 N–H and O–H groups in total. The Morgan fingerprint density at radius 2 is 2.03 bits per heavy atom. The van der Waals surface area contributed by atoms with Crippen LogP contribution in [0.3, 0.4) is 0 Å². The summed E-state index contributed by atoms with van der Waals surface area (Å²) >= 11 is 0. The number of benzene rings is 1. The molecule has 29 heavy (non-hydrogen) atoms. The molecule has 3 rings (SSSR count). The topological polar surface area (TPSA) is 87.4 Å². The average Bonchev–Trinajstić information content (AvgIpc) is 3.17. The molecule has 0 amide bonds. The van der Waals surface area contributed by atoms with Crippen LogP contribution in [-0.4, -0.2) is 21.7 Å². The van der Waals surface area contributed by atoms with Gasteiger partial charge in [-0.3, -0.25) is 0 Å². The van der Waals surface area contributed by atoms with E-state index < -0.39 is 11.9 Å². The molecule has 7 heteroatoms. The van der Waals surface area contributed by atoms with Gasteiger partial charge in [-0.15, -0.1) is 0 Å². The van der Waals surface area contributed by atoms with E-state index in [1.165, 1.54) is 30.7 Å². The Bertz CT molecular complexity index is 935. The fourth-order valence-electron chi connectivity index (χ4n) is 4.59. The molecule has 2 aromatic rings. The van der Waals surface area contributed by atoms with Gasteiger partial charge in [0.05, 0.1) is 11.7 Å². The first-order chi connectivity index (χ1) is 13.8. The third-order valence-electron chi connectivity index (χ3n) is 6.12. The number of amidine groups is 1. The first-order valence-corrected chi connectivity index (χ1v) is 9.55. The smallest absolute Gasteiger partial charge is 0.152 e. The van der Waals surface area contributed by atoms with Crippen LogP contribution in [0.1, 0.15) is 42.3 Å². The lowest BCUT2D eigenvalue weighted by atomic mass is 9.85. The van der Waals surface area contributed by atoms with Gasteiger partial charge in [-0.1, -0.05) is 25.6 Å². The number of rotatable bonds is 6. The van der Waals surface area contributed by atoms with Crippen LogP contribution < -0.4 is 5.73 Å². The van der Waals surface area contributed by atoms with E-state index in [0.717, 1.165) is 0 Å². The van der Waals surface area contributed by atoms with Crippen LogP contribution in [0.4, 0.5) is 8.78 Å². The molecule has 0 radical (unpaired) electrons. The lowest BCUT2D eigenvalue weighted by Gasteiger charge is -2.24. The van der Waals surface area contributed by atoms with E-state index in [-0.39, 0.29) is 41.0 Å². The lowest BCUT2D eigenvalue weighted by molar-refractivity contribution is 0.0962. The summed E-state index contributed by atoms with van der Waals surface area (Å²) in [7, 11) is 0. The summed E-state index contributed by atoms with van der Waals surface area (Å²) in [5.41, 5.74) is 7.38. The second-order valence-corrected chi connectivity index (χ2v) is 7.61. The van der Waals surface area contributed by atoms with Crippen molar-refractivity contribution in [3.05, 3.63) is 71.7 Å². The van der Waals surface area contributed by atoms with Crippen molar-refractivity contribution in [2.75, 3.05) is 0 Å². The second kappa shape index (κ2) is 8.29. The first-order valence-electron chi connectivity index (χ1n) is 9.55. The predicted octanol–water partition coefficient (Wildman–Crippen LogP) is 4.12. The number of hydrogen-bond donors (Lipinski definition) is 3. The highest BCUT2D eigenvalue weighted by molar-refractivity contribution is 5.99. The van der Waals surface area contributed by atoms with Gasteiger partial charge < -0.3 is 20.8 Å². The van der Waals surface area contributed by atoms with Crippen molar-refractivity contribution < 1.29 is 13.9 Å². The Balaban J connectivity index is 1.95. The third-order valence-corrected chi connectivity index (χ3v) is 6.12. The average molecular weight is 400 g/mol. The summed E-state index contributed by atoms with van der Waals surface area (Å²) in [6.45, 7) is 7.27.